The van der Waals surface area contributed by atoms with Gasteiger partial charge in [-0.25, -0.2) is 18.7 Å². The van der Waals surface area contributed by atoms with Gasteiger partial charge in [-0.15, -0.1) is 0 Å². The molecule has 2 aliphatic rings. The van der Waals surface area contributed by atoms with Gasteiger partial charge >= 0.3 is 17.1 Å². The summed E-state index contributed by atoms with van der Waals surface area (Å²) >= 11 is 0. The molecule has 0 bridgehead atoms. The summed E-state index contributed by atoms with van der Waals surface area (Å²) in [5.74, 6) is -4.32. The Labute approximate surface area is 194 Å². The number of aromatic amines is 1. The maximum Gasteiger partial charge on any atom is 0.378 e. The molecule has 3 heterocycles. The van der Waals surface area contributed by atoms with Gasteiger partial charge in [-0.05, 0) is 24.8 Å². The number of carbonyl (C=O) groups excluding carboxylic acids is 2. The minimum atomic E-state index is -2.77. The summed E-state index contributed by atoms with van der Waals surface area (Å²) in [6, 6.07) is -0.0153. The number of rotatable bonds is 6. The molecule has 1 aliphatic heterocycles. The van der Waals surface area contributed by atoms with Gasteiger partial charge < -0.3 is 21.1 Å². The first-order valence-corrected chi connectivity index (χ1v) is 11.3. The number of H-pyrrole nitrogens is 1. The summed E-state index contributed by atoms with van der Waals surface area (Å²) in [6.45, 7) is 3.93. The first-order chi connectivity index (χ1) is 16.0. The van der Waals surface area contributed by atoms with Gasteiger partial charge in [-0.2, -0.15) is 4.57 Å². The fourth-order valence-electron chi connectivity index (χ4n) is 4.03. The largest absolute Gasteiger partial charge is 0.477 e. The first kappa shape index (κ1) is 23.7. The lowest BCUT2D eigenvalue weighted by Gasteiger charge is -2.30. The first-order valence-electron chi connectivity index (χ1n) is 11.3. The van der Waals surface area contributed by atoms with E-state index >= 15 is 0 Å². The Morgan fingerprint density at radius 3 is 2.56 bits per heavy atom. The number of aromatic nitrogens is 3. The molecule has 0 aromatic carbocycles. The lowest BCUT2D eigenvalue weighted by Crippen LogP contribution is -2.46. The van der Waals surface area contributed by atoms with Crippen molar-refractivity contribution in [3.05, 3.63) is 27.6 Å². The van der Waals surface area contributed by atoms with Crippen molar-refractivity contribution in [2.24, 2.45) is 5.92 Å². The Morgan fingerprint density at radius 2 is 1.97 bits per heavy atom. The van der Waals surface area contributed by atoms with Crippen LogP contribution in [0.25, 0.3) is 11.7 Å². The summed E-state index contributed by atoms with van der Waals surface area (Å²) < 4.78 is 29.3. The molecule has 0 radical (unpaired) electrons. The van der Waals surface area contributed by atoms with E-state index in [-0.39, 0.29) is 48.6 Å². The fourth-order valence-corrected chi connectivity index (χ4v) is 4.03. The number of amides is 2. The molecule has 12 heteroatoms. The molecule has 184 valence electrons. The molecule has 0 unspecified atom stereocenters. The van der Waals surface area contributed by atoms with Crippen LogP contribution in [0, 0.1) is 5.92 Å². The van der Waals surface area contributed by atoms with Crippen molar-refractivity contribution in [3.63, 3.8) is 0 Å². The van der Waals surface area contributed by atoms with Gasteiger partial charge in [0.1, 0.15) is 5.56 Å². The predicted molar refractivity (Wildman–Crippen MR) is 119 cm³/mol. The molecule has 0 atom stereocenters. The molecule has 1 aliphatic carbocycles. The van der Waals surface area contributed by atoms with Crippen LogP contribution in [0.1, 0.15) is 55.5 Å². The number of aromatic hydroxyl groups is 1. The molecule has 2 aromatic heterocycles. The summed E-state index contributed by atoms with van der Waals surface area (Å²) in [6.07, 6.45) is 3.43. The Hall–Kier alpha value is -3.44. The van der Waals surface area contributed by atoms with Crippen LogP contribution in [0.4, 0.5) is 14.6 Å². The summed E-state index contributed by atoms with van der Waals surface area (Å²) in [5.41, 5.74) is 5.38. The number of nitrogens with zero attached hydrogens (tertiary/aromatic N) is 3. The molecule has 1 saturated carbocycles. The number of piperidine rings is 1. The van der Waals surface area contributed by atoms with E-state index in [1.165, 1.54) is 21.6 Å². The molecule has 34 heavy (non-hydrogen) atoms. The normalized spacial score (nSPS) is 18.2. The Bertz CT molecular complexity index is 1220. The van der Waals surface area contributed by atoms with Crippen molar-refractivity contribution >= 4 is 29.4 Å². The number of carbonyl (C=O) groups is 2. The van der Waals surface area contributed by atoms with E-state index in [0.717, 1.165) is 17.4 Å². The van der Waals surface area contributed by atoms with E-state index in [0.29, 0.717) is 0 Å². The maximum atomic E-state index is 13.4. The third-order valence-corrected chi connectivity index (χ3v) is 6.01. The number of nitrogen functional groups attached to an aromatic ring is 1. The number of hydrogen-bond donors (Lipinski definition) is 4. The lowest BCUT2D eigenvalue weighted by atomic mass is 10.1. The molecule has 2 amide bonds. The van der Waals surface area contributed by atoms with Crippen LogP contribution in [0.3, 0.4) is 0 Å². The second kappa shape index (κ2) is 8.73. The number of alkyl halides is 2. The summed E-state index contributed by atoms with van der Waals surface area (Å²) in [7, 11) is 0. The lowest BCUT2D eigenvalue weighted by molar-refractivity contribution is -0.686. The van der Waals surface area contributed by atoms with Crippen molar-refractivity contribution < 1.29 is 28.0 Å². The highest BCUT2D eigenvalue weighted by atomic mass is 19.3. The van der Waals surface area contributed by atoms with Crippen LogP contribution in [-0.4, -0.2) is 56.5 Å². The second-order valence-electron chi connectivity index (χ2n) is 9.37. The van der Waals surface area contributed by atoms with Gasteiger partial charge in [0, 0.05) is 38.0 Å². The zero-order chi connectivity index (χ0) is 24.8. The monoisotopic (exact) mass is 479 g/mol. The number of hydrogen-bond acceptors (Lipinski definition) is 5. The minimum absolute atomic E-state index is 0.0153. The molecule has 0 spiro atoms. The number of nitrogens with two attached hydrogens (primary N) is 1. The Balaban J connectivity index is 1.75. The van der Waals surface area contributed by atoms with Crippen LogP contribution in [-0.2, 0) is 11.3 Å². The molecule has 5 N–H and O–H groups in total. The highest BCUT2D eigenvalue weighted by Gasteiger charge is 2.36. The summed E-state index contributed by atoms with van der Waals surface area (Å²) in [4.78, 5) is 39.7. The van der Waals surface area contributed by atoms with Gasteiger partial charge in [0.25, 0.3) is 11.8 Å². The number of likely N-dealkylation sites (tertiary alicyclic amines) is 1. The van der Waals surface area contributed by atoms with Crippen molar-refractivity contribution in [1.29, 1.82) is 0 Å². The van der Waals surface area contributed by atoms with Gasteiger partial charge in [-0.3, -0.25) is 9.59 Å². The van der Waals surface area contributed by atoms with Gasteiger partial charge in [0.15, 0.2) is 5.82 Å². The quantitative estimate of drug-likeness (QED) is 0.362. The smallest absolute Gasteiger partial charge is 0.378 e. The van der Waals surface area contributed by atoms with Crippen LogP contribution in [0.2, 0.25) is 0 Å². The number of anilines is 1. The van der Waals surface area contributed by atoms with Crippen LogP contribution < -0.4 is 21.2 Å². The highest BCUT2D eigenvalue weighted by molar-refractivity contribution is 5.96. The van der Waals surface area contributed by atoms with Crippen LogP contribution >= 0.6 is 0 Å². The molecular weight excluding hydrogens is 450 g/mol. The average molecular weight is 480 g/mol. The maximum absolute atomic E-state index is 13.4. The molecule has 1 saturated heterocycles. The predicted octanol–water partition coefficient (Wildman–Crippen LogP) is 1.02. The van der Waals surface area contributed by atoms with Crippen LogP contribution in [0.15, 0.2) is 10.9 Å². The van der Waals surface area contributed by atoms with Crippen molar-refractivity contribution in [2.45, 2.75) is 58.0 Å². The van der Waals surface area contributed by atoms with E-state index in [1.54, 1.807) is 0 Å². The zero-order valence-corrected chi connectivity index (χ0v) is 19.1. The minimum Gasteiger partial charge on any atom is -0.477 e. The molecule has 2 fully saturated rings. The standard InChI is InChI=1S/C22H28F2N6O4/c1-12(2)11-29-19-14(5-6-15(31)28-9-7-22(23,24)8-10-28)17(25)27-30(19)21(34)16(20(29)33)18(32)26-13-3-4-13/h5-6,12-13H,3-4,7-11H2,1-2H3,(H4,25,26,27,32,33,34)/p+1/b6-5+. The van der Waals surface area contributed by atoms with Gasteiger partial charge in [0.2, 0.25) is 11.5 Å². The van der Waals surface area contributed by atoms with E-state index in [2.05, 4.69) is 10.4 Å². The Kier molecular flexibility index (Phi) is 6.09. The van der Waals surface area contributed by atoms with Crippen molar-refractivity contribution in [1.82, 2.24) is 19.8 Å². The molecule has 4 rings (SSSR count). The van der Waals surface area contributed by atoms with Gasteiger partial charge in [0.05, 0.1) is 6.54 Å². The van der Waals surface area contributed by atoms with Crippen LogP contribution in [0.5, 0.6) is 5.88 Å². The zero-order valence-electron chi connectivity index (χ0n) is 19.1. The number of fused-ring (bicyclic) bond motifs is 1. The fraction of sp³-hybridized carbons (Fsp3) is 0.545. The second-order valence-corrected chi connectivity index (χ2v) is 9.37. The van der Waals surface area contributed by atoms with E-state index < -0.39 is 47.6 Å². The molecular formula is C22H29F2N6O4+. The SMILES string of the molecule is CC(C)C[n+]1c(O)c(C(=O)NC2CC2)c(=O)n2[nH]c(N)c(/C=C/C(=O)N3CCC(F)(F)CC3)c21. The average Bonchev–Trinajstić information content (AvgIpc) is 3.50. The highest BCUT2D eigenvalue weighted by Crippen LogP contribution is 2.28. The molecule has 10 nitrogen and oxygen atoms in total. The topological polar surface area (TPSA) is 137 Å². The Morgan fingerprint density at radius 1 is 1.32 bits per heavy atom. The van der Waals surface area contributed by atoms with E-state index in [9.17, 15) is 28.3 Å². The summed E-state index contributed by atoms with van der Waals surface area (Å²) in [5, 5.41) is 16.4. The number of halogens is 2. The third kappa shape index (κ3) is 4.62. The van der Waals surface area contributed by atoms with E-state index in [4.69, 9.17) is 5.73 Å². The van der Waals surface area contributed by atoms with Crippen molar-refractivity contribution in [3.8, 4) is 5.88 Å². The molecule has 2 aromatic rings. The van der Waals surface area contributed by atoms with Gasteiger partial charge in [-0.1, -0.05) is 18.4 Å². The third-order valence-electron chi connectivity index (χ3n) is 6.01. The van der Waals surface area contributed by atoms with E-state index in [1.807, 2.05) is 13.8 Å². The van der Waals surface area contributed by atoms with Crippen molar-refractivity contribution in [2.75, 3.05) is 18.8 Å². The number of nitrogens with one attached hydrogen (secondary N) is 2.